The molecule has 1 atom stereocenters. The number of amides is 1. The number of aromatic nitrogens is 1. The van der Waals surface area contributed by atoms with Crippen LogP contribution in [0.25, 0.3) is 0 Å². The van der Waals surface area contributed by atoms with E-state index in [1.165, 1.54) is 4.90 Å². The van der Waals surface area contributed by atoms with E-state index in [1.807, 2.05) is 0 Å². The van der Waals surface area contributed by atoms with Crippen molar-refractivity contribution in [1.29, 1.82) is 0 Å². The van der Waals surface area contributed by atoms with Crippen molar-refractivity contribution in [2.75, 3.05) is 7.05 Å². The Hall–Kier alpha value is -1.43. The summed E-state index contributed by atoms with van der Waals surface area (Å²) in [7, 11) is 1.62. The minimum Gasteiger partial charge on any atom is -0.392 e. The lowest BCUT2D eigenvalue weighted by atomic mass is 10.2. The molecule has 82 valence electrons. The molecular weight excluding hydrogens is 214 g/mol. The average molecular weight is 227 g/mol. The zero-order valence-electron chi connectivity index (χ0n) is 8.85. The van der Waals surface area contributed by atoms with Gasteiger partial charge in [-0.05, 0) is 13.8 Å². The molecule has 0 bridgehead atoms. The van der Waals surface area contributed by atoms with E-state index in [1.54, 1.807) is 27.0 Å². The van der Waals surface area contributed by atoms with Crippen molar-refractivity contribution in [3.05, 3.63) is 17.5 Å². The Bertz CT molecular complexity index is 388. The van der Waals surface area contributed by atoms with E-state index in [2.05, 4.69) is 5.16 Å². The highest BCUT2D eigenvalue weighted by atomic mass is 32.1. The van der Waals surface area contributed by atoms with Crippen LogP contribution in [-0.4, -0.2) is 34.0 Å². The summed E-state index contributed by atoms with van der Waals surface area (Å²) in [4.78, 5) is 13.5. The quantitative estimate of drug-likeness (QED) is 0.771. The van der Waals surface area contributed by atoms with Gasteiger partial charge in [-0.3, -0.25) is 4.79 Å². The van der Waals surface area contributed by atoms with E-state index in [9.17, 15) is 4.79 Å². The standard InChI is InChI=1S/C9H13N3O2S/c1-5-4-7(11-14-5)9(13)12(3)6(2)8(10)15/h4,6H,1-3H3,(H2,10,15). The van der Waals surface area contributed by atoms with E-state index < -0.39 is 0 Å². The van der Waals surface area contributed by atoms with Gasteiger partial charge >= 0.3 is 0 Å². The maximum Gasteiger partial charge on any atom is 0.276 e. The van der Waals surface area contributed by atoms with E-state index in [-0.39, 0.29) is 22.6 Å². The Kier molecular flexibility index (Phi) is 3.41. The van der Waals surface area contributed by atoms with Gasteiger partial charge in [0.25, 0.3) is 5.91 Å². The minimum atomic E-state index is -0.301. The molecule has 1 aromatic rings. The van der Waals surface area contributed by atoms with Gasteiger partial charge in [0.2, 0.25) is 0 Å². The SMILES string of the molecule is Cc1cc(C(=O)N(C)C(C)C(N)=S)no1. The number of likely N-dealkylation sites (N-methyl/N-ethyl adjacent to an activating group) is 1. The Labute approximate surface area is 93.2 Å². The Balaban J connectivity index is 2.81. The molecule has 0 spiro atoms. The number of nitrogens with two attached hydrogens (primary N) is 1. The van der Waals surface area contributed by atoms with E-state index in [4.69, 9.17) is 22.5 Å². The van der Waals surface area contributed by atoms with E-state index in [0.717, 1.165) is 0 Å². The van der Waals surface area contributed by atoms with Gasteiger partial charge in [-0.2, -0.15) is 0 Å². The maximum atomic E-state index is 11.8. The van der Waals surface area contributed by atoms with Crippen LogP contribution in [0.15, 0.2) is 10.6 Å². The molecule has 6 heteroatoms. The molecule has 1 aromatic heterocycles. The van der Waals surface area contributed by atoms with Crippen LogP contribution in [-0.2, 0) is 0 Å². The fraction of sp³-hybridized carbons (Fsp3) is 0.444. The summed E-state index contributed by atoms with van der Waals surface area (Å²) in [5, 5.41) is 3.63. The second kappa shape index (κ2) is 4.39. The molecule has 0 aliphatic heterocycles. The largest absolute Gasteiger partial charge is 0.392 e. The first-order valence-electron chi connectivity index (χ1n) is 4.43. The number of hydrogen-bond donors (Lipinski definition) is 1. The third-order valence-corrected chi connectivity index (χ3v) is 2.50. The molecule has 5 nitrogen and oxygen atoms in total. The van der Waals surface area contributed by atoms with Gasteiger partial charge in [0.15, 0.2) is 5.69 Å². The van der Waals surface area contributed by atoms with Crippen molar-refractivity contribution in [3.63, 3.8) is 0 Å². The van der Waals surface area contributed by atoms with Gasteiger partial charge < -0.3 is 15.2 Å². The predicted octanol–water partition coefficient (Wildman–Crippen LogP) is 0.730. The molecule has 1 rings (SSSR count). The normalized spacial score (nSPS) is 12.2. The van der Waals surface area contributed by atoms with Crippen molar-refractivity contribution in [2.24, 2.45) is 5.73 Å². The molecule has 0 radical (unpaired) electrons. The van der Waals surface area contributed by atoms with Crippen LogP contribution in [0.3, 0.4) is 0 Å². The number of aryl methyl sites for hydroxylation is 1. The van der Waals surface area contributed by atoms with Crippen LogP contribution in [0.2, 0.25) is 0 Å². The van der Waals surface area contributed by atoms with Crippen molar-refractivity contribution < 1.29 is 9.32 Å². The molecule has 0 aromatic carbocycles. The summed E-state index contributed by atoms with van der Waals surface area (Å²) in [6, 6.07) is 1.27. The van der Waals surface area contributed by atoms with Gasteiger partial charge in [0.05, 0.1) is 11.0 Å². The van der Waals surface area contributed by atoms with Crippen molar-refractivity contribution in [1.82, 2.24) is 10.1 Å². The third kappa shape index (κ3) is 2.53. The fourth-order valence-corrected chi connectivity index (χ4v) is 1.17. The highest BCUT2D eigenvalue weighted by Gasteiger charge is 2.21. The average Bonchev–Trinajstić information content (AvgIpc) is 2.61. The van der Waals surface area contributed by atoms with Crippen molar-refractivity contribution in [3.8, 4) is 0 Å². The van der Waals surface area contributed by atoms with Crippen LogP contribution >= 0.6 is 12.2 Å². The van der Waals surface area contributed by atoms with Gasteiger partial charge in [-0.1, -0.05) is 17.4 Å². The predicted molar refractivity (Wildman–Crippen MR) is 59.6 cm³/mol. The molecule has 0 aliphatic rings. The zero-order valence-corrected chi connectivity index (χ0v) is 9.67. The summed E-state index contributed by atoms with van der Waals surface area (Å²) in [6.07, 6.45) is 0. The number of nitrogens with zero attached hydrogens (tertiary/aromatic N) is 2. The molecule has 1 unspecified atom stereocenters. The molecule has 0 fully saturated rings. The van der Waals surface area contributed by atoms with Crippen molar-refractivity contribution >= 4 is 23.1 Å². The monoisotopic (exact) mass is 227 g/mol. The Morgan fingerprint density at radius 2 is 2.33 bits per heavy atom. The molecule has 2 N–H and O–H groups in total. The van der Waals surface area contributed by atoms with E-state index in [0.29, 0.717) is 5.76 Å². The molecule has 0 aliphatic carbocycles. The second-order valence-corrected chi connectivity index (χ2v) is 3.79. The summed E-state index contributed by atoms with van der Waals surface area (Å²) in [5.41, 5.74) is 5.71. The molecule has 0 saturated carbocycles. The summed E-state index contributed by atoms with van der Waals surface area (Å²) < 4.78 is 4.81. The highest BCUT2D eigenvalue weighted by molar-refractivity contribution is 7.80. The first kappa shape index (κ1) is 11.6. The lowest BCUT2D eigenvalue weighted by Crippen LogP contribution is -2.42. The molecular formula is C9H13N3O2S. The zero-order chi connectivity index (χ0) is 11.6. The number of hydrogen-bond acceptors (Lipinski definition) is 4. The minimum absolute atomic E-state index is 0.257. The lowest BCUT2D eigenvalue weighted by molar-refractivity contribution is 0.0768. The van der Waals surface area contributed by atoms with Gasteiger partial charge in [0, 0.05) is 13.1 Å². The number of thiocarbonyl (C=S) groups is 1. The summed E-state index contributed by atoms with van der Waals surface area (Å²) in [5.74, 6) is 0.335. The summed E-state index contributed by atoms with van der Waals surface area (Å²) >= 11 is 4.81. The Morgan fingerprint density at radius 1 is 1.73 bits per heavy atom. The Morgan fingerprint density at radius 3 is 2.73 bits per heavy atom. The maximum absolute atomic E-state index is 11.8. The second-order valence-electron chi connectivity index (χ2n) is 3.32. The van der Waals surface area contributed by atoms with Crippen LogP contribution < -0.4 is 5.73 Å². The van der Waals surface area contributed by atoms with Crippen LogP contribution in [0.5, 0.6) is 0 Å². The third-order valence-electron chi connectivity index (χ3n) is 2.16. The van der Waals surface area contributed by atoms with Gasteiger partial charge in [-0.15, -0.1) is 0 Å². The number of carbonyl (C=O) groups is 1. The number of rotatable bonds is 3. The van der Waals surface area contributed by atoms with Crippen molar-refractivity contribution in [2.45, 2.75) is 19.9 Å². The molecule has 0 saturated heterocycles. The first-order valence-corrected chi connectivity index (χ1v) is 4.84. The smallest absolute Gasteiger partial charge is 0.276 e. The lowest BCUT2D eigenvalue weighted by Gasteiger charge is -2.22. The molecule has 1 amide bonds. The topological polar surface area (TPSA) is 72.4 Å². The van der Waals surface area contributed by atoms with Crippen LogP contribution in [0.4, 0.5) is 0 Å². The number of carbonyl (C=O) groups excluding carboxylic acids is 1. The fourth-order valence-electron chi connectivity index (χ4n) is 1.01. The summed E-state index contributed by atoms with van der Waals surface area (Å²) in [6.45, 7) is 3.48. The van der Waals surface area contributed by atoms with Crippen LogP contribution in [0.1, 0.15) is 23.2 Å². The van der Waals surface area contributed by atoms with Crippen LogP contribution in [0, 0.1) is 6.92 Å². The highest BCUT2D eigenvalue weighted by Crippen LogP contribution is 2.07. The molecule has 15 heavy (non-hydrogen) atoms. The van der Waals surface area contributed by atoms with Gasteiger partial charge in [-0.25, -0.2) is 0 Å². The first-order chi connectivity index (χ1) is 6.93. The molecule has 1 heterocycles. The van der Waals surface area contributed by atoms with Gasteiger partial charge in [0.1, 0.15) is 5.76 Å². The van der Waals surface area contributed by atoms with E-state index >= 15 is 0 Å².